The monoisotopic (exact) mass is 494 g/mol. The molecule has 0 N–H and O–H groups in total. The van der Waals surface area contributed by atoms with Crippen LogP contribution in [0.2, 0.25) is 5.02 Å². The molecule has 0 saturated heterocycles. The van der Waals surface area contributed by atoms with E-state index in [9.17, 15) is 14.4 Å². The van der Waals surface area contributed by atoms with Crippen LogP contribution in [0.4, 0.5) is 5.13 Å². The summed E-state index contributed by atoms with van der Waals surface area (Å²) in [5.41, 5.74) is 0.977. The van der Waals surface area contributed by atoms with E-state index in [0.717, 1.165) is 14.8 Å². The molecule has 5 rings (SSSR count). The molecule has 3 heterocycles. The second-order valence-corrected chi connectivity index (χ2v) is 9.22. The third-order valence-corrected chi connectivity index (χ3v) is 6.95. The lowest BCUT2D eigenvalue weighted by molar-refractivity contribution is -0.119. The Morgan fingerprint density at radius 3 is 2.56 bits per heavy atom. The van der Waals surface area contributed by atoms with Crippen molar-refractivity contribution in [3.63, 3.8) is 0 Å². The van der Waals surface area contributed by atoms with Gasteiger partial charge < -0.3 is 4.57 Å². The van der Waals surface area contributed by atoms with Gasteiger partial charge in [-0.3, -0.25) is 23.6 Å². The number of amides is 1. The van der Waals surface area contributed by atoms with Gasteiger partial charge in [-0.1, -0.05) is 59.3 Å². The molecule has 11 heteroatoms. The lowest BCUT2D eigenvalue weighted by Gasteiger charge is -2.20. The van der Waals surface area contributed by atoms with E-state index in [4.69, 9.17) is 11.6 Å². The summed E-state index contributed by atoms with van der Waals surface area (Å²) in [6.07, 6.45) is 1.40. The van der Waals surface area contributed by atoms with Gasteiger partial charge in [0.05, 0.1) is 22.6 Å². The molecule has 0 saturated carbocycles. The Morgan fingerprint density at radius 2 is 1.82 bits per heavy atom. The summed E-state index contributed by atoms with van der Waals surface area (Å²) in [5, 5.41) is 1.01. The van der Waals surface area contributed by atoms with Gasteiger partial charge in [0.15, 0.2) is 16.3 Å². The van der Waals surface area contributed by atoms with Crippen molar-refractivity contribution in [3.05, 3.63) is 86.3 Å². The summed E-state index contributed by atoms with van der Waals surface area (Å²) in [5.74, 6) is -0.283. The quantitative estimate of drug-likeness (QED) is 0.374. The highest BCUT2D eigenvalue weighted by molar-refractivity contribution is 7.22. The maximum absolute atomic E-state index is 13.6. The fourth-order valence-electron chi connectivity index (χ4n) is 3.80. The molecule has 0 radical (unpaired) electrons. The Hall–Kier alpha value is -3.76. The molecule has 0 unspecified atom stereocenters. The highest BCUT2D eigenvalue weighted by Gasteiger charge is 2.23. The van der Waals surface area contributed by atoms with Crippen molar-refractivity contribution in [3.8, 4) is 0 Å². The average molecular weight is 495 g/mol. The molecule has 1 amide bonds. The average Bonchev–Trinajstić information content (AvgIpc) is 3.46. The molecule has 5 aromatic rings. The SMILES string of the molecule is Cn1c(=O)c2c(ncn2CC(=O)N(Cc2ccccc2)c2nc3c(Cl)cccc3s2)n(C)c1=O. The second kappa shape index (κ2) is 8.54. The van der Waals surface area contributed by atoms with Crippen LogP contribution in [0, 0.1) is 0 Å². The summed E-state index contributed by atoms with van der Waals surface area (Å²) >= 11 is 7.69. The van der Waals surface area contributed by atoms with E-state index in [1.54, 1.807) is 11.0 Å². The number of nitrogens with zero attached hydrogens (tertiary/aromatic N) is 6. The lowest BCUT2D eigenvalue weighted by Crippen LogP contribution is -2.38. The van der Waals surface area contributed by atoms with Crippen LogP contribution in [0.3, 0.4) is 0 Å². The number of carbonyl (C=O) groups is 1. The van der Waals surface area contributed by atoms with Crippen LogP contribution < -0.4 is 16.1 Å². The van der Waals surface area contributed by atoms with Gasteiger partial charge in [-0.25, -0.2) is 14.8 Å². The predicted octanol–water partition coefficient (Wildman–Crippen LogP) is 2.93. The van der Waals surface area contributed by atoms with Crippen molar-refractivity contribution >= 4 is 55.4 Å². The Bertz CT molecular complexity index is 1670. The lowest BCUT2D eigenvalue weighted by atomic mass is 10.2. The first-order valence-corrected chi connectivity index (χ1v) is 11.5. The van der Waals surface area contributed by atoms with Crippen LogP contribution in [-0.2, 0) is 32.0 Å². The van der Waals surface area contributed by atoms with E-state index < -0.39 is 11.2 Å². The molecule has 0 aliphatic heterocycles. The zero-order valence-corrected chi connectivity index (χ0v) is 19.9. The van der Waals surface area contributed by atoms with Crippen LogP contribution in [-0.4, -0.2) is 29.6 Å². The van der Waals surface area contributed by atoms with Crippen molar-refractivity contribution in [1.82, 2.24) is 23.7 Å². The molecule has 2 aromatic carbocycles. The van der Waals surface area contributed by atoms with Crippen molar-refractivity contribution in [1.29, 1.82) is 0 Å². The summed E-state index contributed by atoms with van der Waals surface area (Å²) in [6, 6.07) is 15.1. The Balaban J connectivity index is 1.58. The van der Waals surface area contributed by atoms with Crippen LogP contribution in [0.15, 0.2) is 64.4 Å². The molecule has 0 fully saturated rings. The zero-order valence-electron chi connectivity index (χ0n) is 18.3. The van der Waals surface area contributed by atoms with Gasteiger partial charge in [-0.15, -0.1) is 0 Å². The Morgan fingerprint density at radius 1 is 1.06 bits per heavy atom. The molecule has 0 spiro atoms. The minimum atomic E-state index is -0.509. The first-order valence-electron chi connectivity index (χ1n) is 10.4. The van der Waals surface area contributed by atoms with E-state index in [0.29, 0.717) is 22.2 Å². The third-order valence-electron chi connectivity index (χ3n) is 5.60. The summed E-state index contributed by atoms with van der Waals surface area (Å²) < 4.78 is 4.62. The van der Waals surface area contributed by atoms with Crippen molar-refractivity contribution in [2.75, 3.05) is 4.90 Å². The molecule has 9 nitrogen and oxygen atoms in total. The fourth-order valence-corrected chi connectivity index (χ4v) is 5.08. The Labute approximate surface area is 202 Å². The molecule has 0 aliphatic rings. The van der Waals surface area contributed by atoms with E-state index in [-0.39, 0.29) is 23.6 Å². The number of aryl methyl sites for hydroxylation is 1. The Kier molecular flexibility index (Phi) is 5.54. The van der Waals surface area contributed by atoms with Crippen LogP contribution in [0.1, 0.15) is 5.56 Å². The number of imidazole rings is 1. The molecular weight excluding hydrogens is 476 g/mol. The molecule has 0 atom stereocenters. The maximum atomic E-state index is 13.6. The van der Waals surface area contributed by atoms with Gasteiger partial charge >= 0.3 is 5.69 Å². The third kappa shape index (κ3) is 3.70. The molecule has 3 aromatic heterocycles. The molecular formula is C23H19ClN6O3S. The number of rotatable bonds is 5. The van der Waals surface area contributed by atoms with Crippen molar-refractivity contribution in [2.24, 2.45) is 14.1 Å². The van der Waals surface area contributed by atoms with Gasteiger partial charge in [0.1, 0.15) is 12.1 Å². The maximum Gasteiger partial charge on any atom is 0.332 e. The molecule has 0 aliphatic carbocycles. The zero-order chi connectivity index (χ0) is 24.0. The topological polar surface area (TPSA) is 95.0 Å². The largest absolute Gasteiger partial charge is 0.332 e. The number of carbonyl (C=O) groups excluding carboxylic acids is 1. The van der Waals surface area contributed by atoms with Crippen molar-refractivity contribution in [2.45, 2.75) is 13.1 Å². The van der Waals surface area contributed by atoms with Crippen LogP contribution >= 0.6 is 22.9 Å². The van der Waals surface area contributed by atoms with E-state index in [1.165, 1.54) is 40.9 Å². The molecule has 0 bridgehead atoms. The number of hydrogen-bond donors (Lipinski definition) is 0. The van der Waals surface area contributed by atoms with Gasteiger partial charge in [-0.05, 0) is 17.7 Å². The number of thiazole rings is 1. The minimum absolute atomic E-state index is 0.152. The summed E-state index contributed by atoms with van der Waals surface area (Å²) in [7, 11) is 2.94. The molecule has 34 heavy (non-hydrogen) atoms. The molecule has 172 valence electrons. The minimum Gasteiger partial charge on any atom is -0.315 e. The highest BCUT2D eigenvalue weighted by Crippen LogP contribution is 2.33. The summed E-state index contributed by atoms with van der Waals surface area (Å²) in [4.78, 5) is 49.0. The van der Waals surface area contributed by atoms with E-state index >= 15 is 0 Å². The fraction of sp³-hybridized carbons (Fsp3) is 0.174. The number of anilines is 1. The normalized spacial score (nSPS) is 11.4. The number of hydrogen-bond acceptors (Lipinski definition) is 6. The number of halogens is 1. The van der Waals surface area contributed by atoms with Gasteiger partial charge in [-0.2, -0.15) is 0 Å². The predicted molar refractivity (Wildman–Crippen MR) is 132 cm³/mol. The van der Waals surface area contributed by atoms with Crippen molar-refractivity contribution < 1.29 is 4.79 Å². The van der Waals surface area contributed by atoms with Gasteiger partial charge in [0.2, 0.25) is 5.91 Å². The standard InChI is InChI=1S/C23H19ClN6O3S/c1-27-20-19(21(32)28(2)23(27)33)29(13-25-20)12-17(31)30(11-14-7-4-3-5-8-14)22-26-18-15(24)9-6-10-16(18)34-22/h3-10,13H,11-12H2,1-2H3. The smallest absolute Gasteiger partial charge is 0.315 e. The van der Waals surface area contributed by atoms with E-state index in [2.05, 4.69) is 9.97 Å². The second-order valence-electron chi connectivity index (χ2n) is 7.80. The van der Waals surface area contributed by atoms with Crippen LogP contribution in [0.5, 0.6) is 0 Å². The van der Waals surface area contributed by atoms with E-state index in [1.807, 2.05) is 42.5 Å². The van der Waals surface area contributed by atoms with Gasteiger partial charge in [0, 0.05) is 14.1 Å². The number of benzene rings is 2. The first-order chi connectivity index (χ1) is 16.3. The first kappa shape index (κ1) is 22.1. The van der Waals surface area contributed by atoms with Gasteiger partial charge in [0.25, 0.3) is 5.56 Å². The number of fused-ring (bicyclic) bond motifs is 2. The van der Waals surface area contributed by atoms with Crippen LogP contribution in [0.25, 0.3) is 21.4 Å². The highest BCUT2D eigenvalue weighted by atomic mass is 35.5. The number of para-hydroxylation sites is 1. The summed E-state index contributed by atoms with van der Waals surface area (Å²) in [6.45, 7) is 0.140. The number of aromatic nitrogens is 5.